The van der Waals surface area contributed by atoms with Gasteiger partial charge in [0.15, 0.2) is 41.0 Å². The van der Waals surface area contributed by atoms with Crippen molar-refractivity contribution in [2.24, 2.45) is 4.99 Å². The Kier molecular flexibility index (Phi) is 11.0. The molecular weight excluding hydrogens is 670 g/mol. The van der Waals surface area contributed by atoms with Gasteiger partial charge >= 0.3 is 11.9 Å². The summed E-state index contributed by atoms with van der Waals surface area (Å²) in [5.74, 6) is 0.161. The van der Waals surface area contributed by atoms with Crippen LogP contribution in [0.1, 0.15) is 37.9 Å². The molecule has 1 aliphatic rings. The van der Waals surface area contributed by atoms with Crippen molar-refractivity contribution < 1.29 is 38.0 Å². The fourth-order valence-corrected chi connectivity index (χ4v) is 6.22. The molecule has 4 rings (SSSR count). The molecule has 0 saturated carbocycles. The Morgan fingerprint density at radius 2 is 1.87 bits per heavy atom. The number of esters is 2. The number of thiazole rings is 1. The molecule has 0 amide bonds. The van der Waals surface area contributed by atoms with Crippen molar-refractivity contribution in [1.29, 1.82) is 5.26 Å². The molecular formula is C31H30BrN3O9S. The summed E-state index contributed by atoms with van der Waals surface area (Å²) in [4.78, 5) is 44.0. The van der Waals surface area contributed by atoms with E-state index in [4.69, 9.17) is 28.9 Å². The molecule has 12 nitrogen and oxygen atoms in total. The van der Waals surface area contributed by atoms with E-state index in [9.17, 15) is 14.4 Å². The molecule has 0 fully saturated rings. The lowest BCUT2D eigenvalue weighted by Crippen LogP contribution is -2.40. The van der Waals surface area contributed by atoms with E-state index >= 15 is 0 Å². The monoisotopic (exact) mass is 699 g/mol. The van der Waals surface area contributed by atoms with Crippen molar-refractivity contribution in [2.75, 3.05) is 40.6 Å². The molecule has 2 heterocycles. The van der Waals surface area contributed by atoms with Crippen molar-refractivity contribution in [3.63, 3.8) is 0 Å². The average molecular weight is 701 g/mol. The number of allylic oxidation sites excluding steroid dienone is 1. The summed E-state index contributed by atoms with van der Waals surface area (Å²) >= 11 is 4.61. The van der Waals surface area contributed by atoms with Crippen LogP contribution >= 0.6 is 27.3 Å². The second-order valence-corrected chi connectivity index (χ2v) is 11.2. The number of hydrogen-bond donors (Lipinski definition) is 0. The summed E-state index contributed by atoms with van der Waals surface area (Å²) in [5.41, 5.74) is 1.37. The van der Waals surface area contributed by atoms with Gasteiger partial charge in [-0.15, -0.1) is 0 Å². The molecule has 0 saturated heterocycles. The lowest BCUT2D eigenvalue weighted by Gasteiger charge is -2.25. The molecule has 45 heavy (non-hydrogen) atoms. The molecule has 0 radical (unpaired) electrons. The van der Waals surface area contributed by atoms with Gasteiger partial charge in [-0.3, -0.25) is 9.36 Å². The predicted octanol–water partition coefficient (Wildman–Crippen LogP) is 3.42. The van der Waals surface area contributed by atoms with E-state index in [1.807, 2.05) is 6.07 Å². The van der Waals surface area contributed by atoms with Crippen molar-refractivity contribution in [3.05, 3.63) is 76.9 Å². The standard InChI is InChI=1S/C31H30BrN3O9S/c1-6-41-22-15-19(8-9-21(22)44-16-25(36)40-5)27-26(30(38)42-7-2)17(3)34-31-35(27)29(37)24(45-31)14-18-12-20(32)28(43-11-10-33)23(13-18)39-4/h8-9,12-15,27H,6-7,11,16H2,1-5H3/b24-14-/t27-/m0/s1. The average Bonchev–Trinajstić information content (AvgIpc) is 3.32. The number of nitriles is 1. The lowest BCUT2D eigenvalue weighted by molar-refractivity contribution is -0.143. The third-order valence-electron chi connectivity index (χ3n) is 6.50. The number of methoxy groups -OCH3 is 2. The number of rotatable bonds is 12. The van der Waals surface area contributed by atoms with Gasteiger partial charge in [0.25, 0.3) is 5.56 Å². The first kappa shape index (κ1) is 33.3. The molecule has 2 aromatic carbocycles. The maximum absolute atomic E-state index is 14.1. The largest absolute Gasteiger partial charge is 0.493 e. The Morgan fingerprint density at radius 1 is 1.09 bits per heavy atom. The minimum absolute atomic E-state index is 0.127. The Morgan fingerprint density at radius 3 is 2.53 bits per heavy atom. The highest BCUT2D eigenvalue weighted by atomic mass is 79.9. The lowest BCUT2D eigenvalue weighted by atomic mass is 9.95. The van der Waals surface area contributed by atoms with Gasteiger partial charge in [0.05, 0.1) is 53.8 Å². The van der Waals surface area contributed by atoms with Crippen LogP contribution in [0.5, 0.6) is 23.0 Å². The van der Waals surface area contributed by atoms with Crippen LogP contribution < -0.4 is 33.8 Å². The van der Waals surface area contributed by atoms with Crippen LogP contribution in [-0.4, -0.2) is 57.2 Å². The highest BCUT2D eigenvalue weighted by Gasteiger charge is 2.34. The molecule has 0 spiro atoms. The van der Waals surface area contributed by atoms with Gasteiger partial charge in [0, 0.05) is 0 Å². The van der Waals surface area contributed by atoms with Crippen molar-refractivity contribution >= 4 is 45.3 Å². The molecule has 0 unspecified atom stereocenters. The number of benzene rings is 2. The second kappa shape index (κ2) is 14.9. The fourth-order valence-electron chi connectivity index (χ4n) is 4.60. The molecule has 0 N–H and O–H groups in total. The smallest absolute Gasteiger partial charge is 0.343 e. The molecule has 1 atom stereocenters. The zero-order chi connectivity index (χ0) is 32.7. The van der Waals surface area contributed by atoms with E-state index in [1.54, 1.807) is 57.2 Å². The summed E-state index contributed by atoms with van der Waals surface area (Å²) in [6, 6.07) is 9.40. The first-order valence-electron chi connectivity index (χ1n) is 13.7. The first-order chi connectivity index (χ1) is 21.7. The Balaban J connectivity index is 1.89. The van der Waals surface area contributed by atoms with Gasteiger partial charge in [0.1, 0.15) is 6.07 Å². The first-order valence-corrected chi connectivity index (χ1v) is 15.3. The Labute approximate surface area is 270 Å². The Hall–Kier alpha value is -4.61. The number of halogens is 1. The van der Waals surface area contributed by atoms with E-state index in [0.717, 1.165) is 11.3 Å². The quantitative estimate of drug-likeness (QED) is 0.258. The summed E-state index contributed by atoms with van der Waals surface area (Å²) in [6.07, 6.45) is 1.68. The Bertz CT molecular complexity index is 1870. The van der Waals surface area contributed by atoms with Crippen LogP contribution in [0.2, 0.25) is 0 Å². The second-order valence-electron chi connectivity index (χ2n) is 9.29. The van der Waals surface area contributed by atoms with E-state index < -0.39 is 18.0 Å². The van der Waals surface area contributed by atoms with E-state index in [0.29, 0.717) is 60.2 Å². The van der Waals surface area contributed by atoms with Gasteiger partial charge in [-0.1, -0.05) is 17.4 Å². The number of fused-ring (bicyclic) bond motifs is 1. The highest BCUT2D eigenvalue weighted by Crippen LogP contribution is 2.38. The maximum Gasteiger partial charge on any atom is 0.343 e. The zero-order valence-electron chi connectivity index (χ0n) is 25.2. The highest BCUT2D eigenvalue weighted by molar-refractivity contribution is 9.10. The van der Waals surface area contributed by atoms with Crippen molar-refractivity contribution in [3.8, 4) is 29.1 Å². The molecule has 1 aliphatic heterocycles. The number of aromatic nitrogens is 1. The molecule has 3 aromatic rings. The van der Waals surface area contributed by atoms with Crippen molar-refractivity contribution in [2.45, 2.75) is 26.8 Å². The topological polar surface area (TPSA) is 148 Å². The van der Waals surface area contributed by atoms with E-state index in [2.05, 4.69) is 25.7 Å². The third-order valence-corrected chi connectivity index (χ3v) is 8.08. The molecule has 236 valence electrons. The van der Waals surface area contributed by atoms with E-state index in [1.165, 1.54) is 18.8 Å². The SMILES string of the molecule is CCOC(=O)C1=C(C)N=c2s/c(=C\c3cc(Br)c(OCC#N)c(OC)c3)c(=O)n2[C@H]1c1ccc(OCC(=O)OC)c(OCC)c1. The van der Waals surface area contributed by atoms with Crippen LogP contribution in [0, 0.1) is 11.3 Å². The van der Waals surface area contributed by atoms with Crippen LogP contribution in [0.25, 0.3) is 6.08 Å². The summed E-state index contributed by atoms with van der Waals surface area (Å²) in [5, 5.41) is 8.91. The van der Waals surface area contributed by atoms with Gasteiger partial charge in [-0.05, 0) is 78.2 Å². The summed E-state index contributed by atoms with van der Waals surface area (Å²) in [6.45, 7) is 5.10. The van der Waals surface area contributed by atoms with Gasteiger partial charge in [-0.2, -0.15) is 5.26 Å². The number of hydrogen-bond acceptors (Lipinski definition) is 12. The van der Waals surface area contributed by atoms with Gasteiger partial charge < -0.3 is 28.4 Å². The molecule has 1 aromatic heterocycles. The van der Waals surface area contributed by atoms with Crippen LogP contribution in [0.3, 0.4) is 0 Å². The molecule has 0 aliphatic carbocycles. The molecule has 0 bridgehead atoms. The summed E-state index contributed by atoms with van der Waals surface area (Å²) < 4.78 is 34.7. The minimum atomic E-state index is -0.903. The number of nitrogens with zero attached hydrogens (tertiary/aromatic N) is 3. The van der Waals surface area contributed by atoms with E-state index in [-0.39, 0.29) is 31.0 Å². The van der Waals surface area contributed by atoms with Crippen LogP contribution in [-0.2, 0) is 19.1 Å². The van der Waals surface area contributed by atoms with Gasteiger partial charge in [-0.25, -0.2) is 14.6 Å². The van der Waals surface area contributed by atoms with Crippen LogP contribution in [0.15, 0.2) is 55.9 Å². The predicted molar refractivity (Wildman–Crippen MR) is 167 cm³/mol. The van der Waals surface area contributed by atoms with Gasteiger partial charge in [0.2, 0.25) is 0 Å². The number of carbonyl (C=O) groups excluding carboxylic acids is 2. The minimum Gasteiger partial charge on any atom is -0.493 e. The number of carbonyl (C=O) groups is 2. The van der Waals surface area contributed by atoms with Crippen molar-refractivity contribution in [1.82, 2.24) is 4.57 Å². The fraction of sp³-hybridized carbons (Fsp3) is 0.323. The number of ether oxygens (including phenoxy) is 6. The molecule has 14 heteroatoms. The van der Waals surface area contributed by atoms with Crippen LogP contribution in [0.4, 0.5) is 0 Å². The summed E-state index contributed by atoms with van der Waals surface area (Å²) in [7, 11) is 2.73. The zero-order valence-corrected chi connectivity index (χ0v) is 27.6. The normalized spacial score (nSPS) is 14.2. The third kappa shape index (κ3) is 7.21. The maximum atomic E-state index is 14.1.